The van der Waals surface area contributed by atoms with Crippen molar-refractivity contribution >= 4 is 61.1 Å². The SMILES string of the molecule is CN(C1CCc2cc3ccc(Cl)nc3n2C1)S(=O)(=O)c1ccc(F)cc1.O=C1CCc2cc3ccc(Cl)nc3n2C1. The number of halogens is 3. The lowest BCUT2D eigenvalue weighted by atomic mass is 10.1. The van der Waals surface area contributed by atoms with E-state index in [1.807, 2.05) is 21.3 Å². The van der Waals surface area contributed by atoms with Gasteiger partial charge in [-0.3, -0.25) is 4.79 Å². The number of aromatic nitrogens is 4. The summed E-state index contributed by atoms with van der Waals surface area (Å²) >= 11 is 11.9. The van der Waals surface area contributed by atoms with Gasteiger partial charge in [-0.2, -0.15) is 4.31 Å². The summed E-state index contributed by atoms with van der Waals surface area (Å²) in [6.45, 7) is 0.940. The molecule has 8 nitrogen and oxygen atoms in total. The average molecular weight is 615 g/mol. The van der Waals surface area contributed by atoms with Crippen LogP contribution in [-0.2, 0) is 40.7 Å². The Labute approximate surface area is 246 Å². The van der Waals surface area contributed by atoms with E-state index in [0.717, 1.165) is 52.7 Å². The number of sulfonamides is 1. The van der Waals surface area contributed by atoms with E-state index in [1.165, 1.54) is 22.1 Å². The molecule has 2 aliphatic rings. The van der Waals surface area contributed by atoms with Gasteiger partial charge in [0.25, 0.3) is 0 Å². The molecule has 0 saturated heterocycles. The molecule has 0 aliphatic carbocycles. The van der Waals surface area contributed by atoms with Gasteiger partial charge < -0.3 is 9.13 Å². The second kappa shape index (κ2) is 10.8. The van der Waals surface area contributed by atoms with Crippen LogP contribution in [0.5, 0.6) is 0 Å². The molecule has 0 amide bonds. The van der Waals surface area contributed by atoms with E-state index in [4.69, 9.17) is 23.2 Å². The molecule has 2 aliphatic heterocycles. The van der Waals surface area contributed by atoms with E-state index in [9.17, 15) is 17.6 Å². The van der Waals surface area contributed by atoms with Gasteiger partial charge in [0.15, 0.2) is 5.78 Å². The second-order valence-corrected chi connectivity index (χ2v) is 13.0. The van der Waals surface area contributed by atoms with Gasteiger partial charge in [-0.15, -0.1) is 0 Å². The minimum absolute atomic E-state index is 0.0886. The van der Waals surface area contributed by atoms with Gasteiger partial charge in [-0.05, 0) is 79.9 Å². The van der Waals surface area contributed by atoms with Crippen molar-refractivity contribution in [1.29, 1.82) is 0 Å². The number of likely N-dealkylation sites (N-methyl/N-ethyl adjacent to an activating group) is 1. The van der Waals surface area contributed by atoms with E-state index in [-0.39, 0.29) is 16.7 Å². The molecule has 0 N–H and O–H groups in total. The maximum atomic E-state index is 13.1. The van der Waals surface area contributed by atoms with Crippen LogP contribution < -0.4 is 0 Å². The van der Waals surface area contributed by atoms with Crippen molar-refractivity contribution < 1.29 is 17.6 Å². The van der Waals surface area contributed by atoms with E-state index >= 15 is 0 Å². The maximum Gasteiger partial charge on any atom is 0.243 e. The quantitative estimate of drug-likeness (QED) is 0.245. The Kier molecular flexibility index (Phi) is 7.35. The molecule has 0 spiro atoms. The number of aryl methyl sites for hydroxylation is 2. The van der Waals surface area contributed by atoms with Crippen molar-refractivity contribution in [3.63, 3.8) is 0 Å². The van der Waals surface area contributed by atoms with Crippen molar-refractivity contribution in [2.24, 2.45) is 0 Å². The first-order valence-electron chi connectivity index (χ1n) is 13.1. The van der Waals surface area contributed by atoms with E-state index in [1.54, 1.807) is 19.2 Å². The third-order valence-electron chi connectivity index (χ3n) is 7.72. The van der Waals surface area contributed by atoms with Crippen LogP contribution in [0.4, 0.5) is 4.39 Å². The number of Topliss-reactive ketones (excluding diaryl/α,β-unsaturated/α-hetero) is 1. The highest BCUT2D eigenvalue weighted by molar-refractivity contribution is 7.89. The summed E-state index contributed by atoms with van der Waals surface area (Å²) in [7, 11) is -2.13. The zero-order chi connectivity index (χ0) is 28.9. The largest absolute Gasteiger partial charge is 0.328 e. The zero-order valence-electron chi connectivity index (χ0n) is 22.1. The van der Waals surface area contributed by atoms with Crippen LogP contribution in [0.25, 0.3) is 22.1 Å². The Morgan fingerprint density at radius 2 is 1.44 bits per heavy atom. The fourth-order valence-electron chi connectivity index (χ4n) is 5.52. The minimum atomic E-state index is -3.70. The molecule has 0 bridgehead atoms. The highest BCUT2D eigenvalue weighted by Crippen LogP contribution is 2.29. The molecule has 7 rings (SSSR count). The van der Waals surface area contributed by atoms with E-state index < -0.39 is 15.8 Å². The number of carbonyl (C=O) groups excluding carboxylic acids is 1. The number of ketones is 1. The lowest BCUT2D eigenvalue weighted by Crippen LogP contribution is -2.42. The van der Waals surface area contributed by atoms with Gasteiger partial charge in [0, 0.05) is 48.2 Å². The molecule has 4 aromatic heterocycles. The van der Waals surface area contributed by atoms with Crippen LogP contribution in [0.15, 0.2) is 65.6 Å². The molecule has 1 unspecified atom stereocenters. The van der Waals surface area contributed by atoms with Gasteiger partial charge in [-0.1, -0.05) is 23.2 Å². The molecule has 212 valence electrons. The highest BCUT2D eigenvalue weighted by atomic mass is 35.5. The number of carbonyl (C=O) groups is 1. The smallest absolute Gasteiger partial charge is 0.243 e. The summed E-state index contributed by atoms with van der Waals surface area (Å²) in [5.74, 6) is -0.197. The molecule has 5 aromatic rings. The predicted molar refractivity (Wildman–Crippen MR) is 156 cm³/mol. The predicted octanol–water partition coefficient (Wildman–Crippen LogP) is 5.67. The summed E-state index contributed by atoms with van der Waals surface area (Å²) in [6, 6.07) is 16.2. The van der Waals surface area contributed by atoms with Gasteiger partial charge in [-0.25, -0.2) is 22.8 Å². The number of benzene rings is 1. The molecule has 1 atom stereocenters. The lowest BCUT2D eigenvalue weighted by molar-refractivity contribution is -0.120. The van der Waals surface area contributed by atoms with Crippen LogP contribution >= 0.6 is 23.2 Å². The molecular formula is C29H26Cl2FN5O3S. The summed E-state index contributed by atoms with van der Waals surface area (Å²) in [6.07, 6.45) is 2.92. The number of hydrogen-bond acceptors (Lipinski definition) is 5. The molecule has 6 heterocycles. The van der Waals surface area contributed by atoms with Crippen LogP contribution in [-0.4, -0.2) is 50.7 Å². The zero-order valence-corrected chi connectivity index (χ0v) is 24.4. The average Bonchev–Trinajstić information content (AvgIpc) is 3.50. The monoisotopic (exact) mass is 613 g/mol. The Bertz CT molecular complexity index is 1900. The number of nitrogens with zero attached hydrogens (tertiary/aromatic N) is 5. The van der Waals surface area contributed by atoms with Crippen LogP contribution in [0.2, 0.25) is 10.3 Å². The van der Waals surface area contributed by atoms with E-state index in [2.05, 4.69) is 22.1 Å². The van der Waals surface area contributed by atoms with Crippen LogP contribution in [0.3, 0.4) is 0 Å². The number of pyridine rings is 2. The first-order valence-corrected chi connectivity index (χ1v) is 15.3. The van der Waals surface area contributed by atoms with Gasteiger partial charge in [0.1, 0.15) is 27.4 Å². The van der Waals surface area contributed by atoms with Crippen LogP contribution in [0.1, 0.15) is 24.2 Å². The number of rotatable bonds is 3. The van der Waals surface area contributed by atoms with Crippen molar-refractivity contribution in [1.82, 2.24) is 23.4 Å². The molecule has 0 fully saturated rings. The first kappa shape index (κ1) is 27.8. The van der Waals surface area contributed by atoms with Gasteiger partial charge >= 0.3 is 0 Å². The van der Waals surface area contributed by atoms with Crippen molar-refractivity contribution in [3.05, 3.63) is 88.2 Å². The summed E-state index contributed by atoms with van der Waals surface area (Å²) in [5, 5.41) is 2.94. The standard InChI is InChI=1S/C18H17ClFN3O2S.C11H9ClN2O/c1-22(26(24,25)16-7-3-13(20)4-8-16)15-6-5-14-10-12-2-9-17(19)21-18(12)23(14)11-15;12-10-4-1-7-5-8-2-3-9(15)6-14(8)11(7)13-10/h2-4,7-10,15H,5-6,11H2,1H3;1,4-5H,2-3,6H2. The number of fused-ring (bicyclic) bond motifs is 6. The highest BCUT2D eigenvalue weighted by Gasteiger charge is 2.31. The van der Waals surface area contributed by atoms with Crippen molar-refractivity contribution in [3.8, 4) is 0 Å². The Morgan fingerprint density at radius 1 is 0.854 bits per heavy atom. The van der Waals surface area contributed by atoms with E-state index in [0.29, 0.717) is 36.2 Å². The maximum absolute atomic E-state index is 13.1. The Hall–Kier alpha value is -3.31. The Balaban J connectivity index is 0.000000170. The van der Waals surface area contributed by atoms with Crippen LogP contribution in [0, 0.1) is 5.82 Å². The lowest BCUT2D eigenvalue weighted by Gasteiger charge is -2.32. The molecule has 0 saturated carbocycles. The summed E-state index contributed by atoms with van der Waals surface area (Å²) < 4.78 is 44.2. The third kappa shape index (κ3) is 5.37. The Morgan fingerprint density at radius 3 is 2.07 bits per heavy atom. The third-order valence-corrected chi connectivity index (χ3v) is 10.1. The topological polar surface area (TPSA) is 90.1 Å². The molecule has 12 heteroatoms. The molecular weight excluding hydrogens is 588 g/mol. The normalized spacial score (nSPS) is 16.9. The summed E-state index contributed by atoms with van der Waals surface area (Å²) in [4.78, 5) is 20.1. The number of hydrogen-bond donors (Lipinski definition) is 0. The van der Waals surface area contributed by atoms with Gasteiger partial charge in [0.2, 0.25) is 10.0 Å². The fraction of sp³-hybridized carbons (Fsp3) is 0.276. The molecule has 41 heavy (non-hydrogen) atoms. The van der Waals surface area contributed by atoms with Crippen molar-refractivity contribution in [2.45, 2.75) is 49.7 Å². The van der Waals surface area contributed by atoms with Crippen molar-refractivity contribution in [2.75, 3.05) is 7.05 Å². The molecule has 1 aromatic carbocycles. The second-order valence-electron chi connectivity index (χ2n) is 10.3. The summed E-state index contributed by atoms with van der Waals surface area (Å²) in [5.41, 5.74) is 3.90. The first-order chi connectivity index (χ1) is 19.6. The van der Waals surface area contributed by atoms with Gasteiger partial charge in [0.05, 0.1) is 11.4 Å². The molecule has 0 radical (unpaired) electrons. The minimum Gasteiger partial charge on any atom is -0.328 e. The fourth-order valence-corrected chi connectivity index (χ4v) is 7.18.